The molecule has 0 spiro atoms. The summed E-state index contributed by atoms with van der Waals surface area (Å²) in [7, 11) is -0.520. The van der Waals surface area contributed by atoms with Crippen LogP contribution in [0.25, 0.3) is 0 Å². The highest BCUT2D eigenvalue weighted by atomic mass is 32.2. The third-order valence-corrected chi connectivity index (χ3v) is 5.58. The van der Waals surface area contributed by atoms with Crippen molar-refractivity contribution in [3.63, 3.8) is 0 Å². The van der Waals surface area contributed by atoms with Crippen LogP contribution in [0.1, 0.15) is 26.3 Å². The lowest BCUT2D eigenvalue weighted by molar-refractivity contribution is 0.273. The Kier molecular flexibility index (Phi) is 5.56. The lowest BCUT2D eigenvalue weighted by atomic mass is 10.1. The van der Waals surface area contributed by atoms with Crippen molar-refractivity contribution in [3.8, 4) is 5.75 Å². The molecule has 0 aliphatic heterocycles. The number of rotatable bonds is 6. The van der Waals surface area contributed by atoms with E-state index in [1.807, 2.05) is 20.8 Å². The van der Waals surface area contributed by atoms with E-state index in [2.05, 4.69) is 0 Å². The van der Waals surface area contributed by atoms with Crippen LogP contribution >= 0.6 is 0 Å². The number of methoxy groups -OCH3 is 1. The Morgan fingerprint density at radius 3 is 2.35 bits per heavy atom. The lowest BCUT2D eigenvalue weighted by Crippen LogP contribution is -2.38. The largest absolute Gasteiger partial charge is 0.496 e. The molecule has 1 atom stereocenters. The maximum atomic E-state index is 12.5. The molecule has 0 aliphatic rings. The molecule has 114 valence electrons. The standard InChI is InChI=1S/C14H23NO4S/c1-10(2)11(3)15(4)20(17,18)13-6-7-14(19-5)12(8-13)9-16/h6-8,10-11,16H,9H2,1-5H3. The number of sulfonamides is 1. The van der Waals surface area contributed by atoms with Gasteiger partial charge >= 0.3 is 0 Å². The van der Waals surface area contributed by atoms with E-state index >= 15 is 0 Å². The predicted octanol–water partition coefficient (Wildman–Crippen LogP) is 1.85. The molecule has 0 aromatic heterocycles. The maximum absolute atomic E-state index is 12.5. The number of ether oxygens (including phenoxy) is 1. The Morgan fingerprint density at radius 2 is 1.90 bits per heavy atom. The summed E-state index contributed by atoms with van der Waals surface area (Å²) >= 11 is 0. The van der Waals surface area contributed by atoms with Gasteiger partial charge in [0.1, 0.15) is 5.75 Å². The summed E-state index contributed by atoms with van der Waals surface area (Å²) in [5, 5.41) is 9.29. The molecule has 0 radical (unpaired) electrons. The first-order valence-electron chi connectivity index (χ1n) is 6.51. The van der Waals surface area contributed by atoms with Crippen LogP contribution in [0.4, 0.5) is 0 Å². The molecule has 0 bridgehead atoms. The van der Waals surface area contributed by atoms with Crippen molar-refractivity contribution in [1.29, 1.82) is 0 Å². The van der Waals surface area contributed by atoms with Gasteiger partial charge in [-0.2, -0.15) is 4.31 Å². The average molecular weight is 301 g/mol. The molecular formula is C14H23NO4S. The second kappa shape index (κ2) is 6.56. The van der Waals surface area contributed by atoms with E-state index in [0.29, 0.717) is 11.3 Å². The molecule has 1 aromatic carbocycles. The van der Waals surface area contributed by atoms with Crippen LogP contribution in [-0.4, -0.2) is 38.0 Å². The summed E-state index contributed by atoms with van der Waals surface area (Å²) in [6, 6.07) is 4.40. The Labute approximate surface area is 121 Å². The van der Waals surface area contributed by atoms with Gasteiger partial charge in [0.25, 0.3) is 0 Å². The lowest BCUT2D eigenvalue weighted by Gasteiger charge is -2.27. The van der Waals surface area contributed by atoms with Crippen LogP contribution in [0.2, 0.25) is 0 Å². The monoisotopic (exact) mass is 301 g/mol. The molecule has 1 unspecified atom stereocenters. The van der Waals surface area contributed by atoms with E-state index in [-0.39, 0.29) is 23.5 Å². The first-order valence-corrected chi connectivity index (χ1v) is 7.95. The van der Waals surface area contributed by atoms with Crippen molar-refractivity contribution in [3.05, 3.63) is 23.8 Å². The molecular weight excluding hydrogens is 278 g/mol. The van der Waals surface area contributed by atoms with Crippen molar-refractivity contribution in [2.75, 3.05) is 14.2 Å². The molecule has 1 N–H and O–H groups in total. The Balaban J connectivity index is 3.22. The molecule has 0 saturated heterocycles. The van der Waals surface area contributed by atoms with Crippen LogP contribution in [0.5, 0.6) is 5.75 Å². The van der Waals surface area contributed by atoms with Gasteiger partial charge in [-0.1, -0.05) is 13.8 Å². The highest BCUT2D eigenvalue weighted by Crippen LogP contribution is 2.25. The van der Waals surface area contributed by atoms with Gasteiger partial charge in [-0.3, -0.25) is 0 Å². The van der Waals surface area contributed by atoms with Gasteiger partial charge in [0.15, 0.2) is 0 Å². The highest BCUT2D eigenvalue weighted by Gasteiger charge is 2.27. The van der Waals surface area contributed by atoms with Gasteiger partial charge in [-0.05, 0) is 31.0 Å². The fourth-order valence-electron chi connectivity index (χ4n) is 1.84. The third-order valence-electron chi connectivity index (χ3n) is 3.64. The van der Waals surface area contributed by atoms with E-state index in [0.717, 1.165) is 0 Å². The van der Waals surface area contributed by atoms with Crippen molar-refractivity contribution in [2.45, 2.75) is 38.3 Å². The number of aliphatic hydroxyl groups excluding tert-OH is 1. The molecule has 0 aliphatic carbocycles. The summed E-state index contributed by atoms with van der Waals surface area (Å²) in [5.41, 5.74) is 0.458. The zero-order valence-corrected chi connectivity index (χ0v) is 13.4. The number of nitrogens with zero attached hydrogens (tertiary/aromatic N) is 1. The van der Waals surface area contributed by atoms with Gasteiger partial charge in [0, 0.05) is 18.7 Å². The van der Waals surface area contributed by atoms with Crippen molar-refractivity contribution in [1.82, 2.24) is 4.31 Å². The summed E-state index contributed by atoms with van der Waals surface area (Å²) < 4.78 is 31.5. The fourth-order valence-corrected chi connectivity index (χ4v) is 3.39. The SMILES string of the molecule is COc1ccc(S(=O)(=O)N(C)C(C)C(C)C)cc1CO. The molecule has 6 heteroatoms. The van der Waals surface area contributed by atoms with Crippen LogP contribution in [-0.2, 0) is 16.6 Å². The number of aliphatic hydroxyl groups is 1. The first-order chi connectivity index (χ1) is 9.25. The Bertz CT molecular complexity index is 554. The zero-order chi connectivity index (χ0) is 15.5. The molecule has 20 heavy (non-hydrogen) atoms. The summed E-state index contributed by atoms with van der Waals surface area (Å²) in [6.45, 7) is 5.56. The van der Waals surface area contributed by atoms with E-state index in [1.165, 1.54) is 23.5 Å². The molecule has 0 saturated carbocycles. The van der Waals surface area contributed by atoms with Crippen LogP contribution in [0.3, 0.4) is 0 Å². The minimum absolute atomic E-state index is 0.111. The number of hydrogen-bond acceptors (Lipinski definition) is 4. The van der Waals surface area contributed by atoms with E-state index in [1.54, 1.807) is 13.1 Å². The summed E-state index contributed by atoms with van der Waals surface area (Å²) in [4.78, 5) is 0.164. The molecule has 0 heterocycles. The van der Waals surface area contributed by atoms with Crippen LogP contribution < -0.4 is 4.74 Å². The number of hydrogen-bond donors (Lipinski definition) is 1. The van der Waals surface area contributed by atoms with E-state index in [4.69, 9.17) is 4.74 Å². The molecule has 0 amide bonds. The quantitative estimate of drug-likeness (QED) is 0.871. The maximum Gasteiger partial charge on any atom is 0.243 e. The van der Waals surface area contributed by atoms with Gasteiger partial charge in [-0.15, -0.1) is 0 Å². The predicted molar refractivity (Wildman–Crippen MR) is 78.2 cm³/mol. The minimum Gasteiger partial charge on any atom is -0.496 e. The number of benzene rings is 1. The second-order valence-electron chi connectivity index (χ2n) is 5.14. The Hall–Kier alpha value is -1.11. The normalized spacial score (nSPS) is 13.8. The summed E-state index contributed by atoms with van der Waals surface area (Å²) in [5.74, 6) is 0.691. The smallest absolute Gasteiger partial charge is 0.243 e. The fraction of sp³-hybridized carbons (Fsp3) is 0.571. The van der Waals surface area contributed by atoms with E-state index < -0.39 is 10.0 Å². The molecule has 0 fully saturated rings. The average Bonchev–Trinajstić information content (AvgIpc) is 2.44. The topological polar surface area (TPSA) is 66.8 Å². The Morgan fingerprint density at radius 1 is 1.30 bits per heavy atom. The van der Waals surface area contributed by atoms with Crippen LogP contribution in [0, 0.1) is 5.92 Å². The van der Waals surface area contributed by atoms with E-state index in [9.17, 15) is 13.5 Å². The summed E-state index contributed by atoms with van der Waals surface area (Å²) in [6.07, 6.45) is 0. The van der Waals surface area contributed by atoms with Crippen molar-refractivity contribution in [2.24, 2.45) is 5.92 Å². The molecule has 1 rings (SSSR count). The van der Waals surface area contributed by atoms with Gasteiger partial charge in [0.05, 0.1) is 18.6 Å². The van der Waals surface area contributed by atoms with Crippen molar-refractivity contribution < 1.29 is 18.3 Å². The molecule has 1 aromatic rings. The van der Waals surface area contributed by atoms with Gasteiger partial charge < -0.3 is 9.84 Å². The van der Waals surface area contributed by atoms with Crippen molar-refractivity contribution >= 4 is 10.0 Å². The van der Waals surface area contributed by atoms with Crippen LogP contribution in [0.15, 0.2) is 23.1 Å². The first kappa shape index (κ1) is 16.9. The second-order valence-corrected chi connectivity index (χ2v) is 7.14. The third kappa shape index (κ3) is 3.31. The molecule has 5 nitrogen and oxygen atoms in total. The van der Waals surface area contributed by atoms with Gasteiger partial charge in [0.2, 0.25) is 10.0 Å². The minimum atomic E-state index is -3.57. The van der Waals surface area contributed by atoms with Gasteiger partial charge in [-0.25, -0.2) is 8.42 Å². The zero-order valence-electron chi connectivity index (χ0n) is 12.6. The highest BCUT2D eigenvalue weighted by molar-refractivity contribution is 7.89.